The van der Waals surface area contributed by atoms with Crippen molar-refractivity contribution >= 4 is 10.2 Å². The van der Waals surface area contributed by atoms with E-state index in [0.29, 0.717) is 13.1 Å². The summed E-state index contributed by atoms with van der Waals surface area (Å²) in [6.45, 7) is 2.80. The molecule has 1 fully saturated rings. The predicted molar refractivity (Wildman–Crippen MR) is 63.2 cm³/mol. The summed E-state index contributed by atoms with van der Waals surface area (Å²) >= 11 is 0. The minimum absolute atomic E-state index is 0.0739. The highest BCUT2D eigenvalue weighted by atomic mass is 32.2. The highest BCUT2D eigenvalue weighted by Crippen LogP contribution is 2.24. The van der Waals surface area contributed by atoms with E-state index in [4.69, 9.17) is 0 Å². The molecule has 0 heterocycles. The van der Waals surface area contributed by atoms with Gasteiger partial charge in [-0.3, -0.25) is 0 Å². The summed E-state index contributed by atoms with van der Waals surface area (Å²) in [5.41, 5.74) is 0. The minimum atomic E-state index is -3.36. The van der Waals surface area contributed by atoms with Crippen molar-refractivity contribution < 1.29 is 13.5 Å². The van der Waals surface area contributed by atoms with Crippen molar-refractivity contribution in [3.63, 3.8) is 0 Å². The van der Waals surface area contributed by atoms with Crippen LogP contribution in [-0.4, -0.2) is 44.1 Å². The van der Waals surface area contributed by atoms with Gasteiger partial charge in [-0.25, -0.2) is 4.72 Å². The van der Waals surface area contributed by atoms with E-state index in [2.05, 4.69) is 4.72 Å². The van der Waals surface area contributed by atoms with Crippen LogP contribution in [0.4, 0.5) is 0 Å². The Hall–Kier alpha value is -0.170. The quantitative estimate of drug-likeness (QED) is 0.713. The van der Waals surface area contributed by atoms with Crippen molar-refractivity contribution in [3.05, 3.63) is 0 Å². The first-order valence-corrected chi connectivity index (χ1v) is 7.30. The Labute approximate surface area is 98.0 Å². The molecular weight excluding hydrogens is 228 g/mol. The summed E-state index contributed by atoms with van der Waals surface area (Å²) in [4.78, 5) is 0. The molecule has 6 heteroatoms. The molecule has 0 aromatic heterocycles. The van der Waals surface area contributed by atoms with Crippen molar-refractivity contribution in [2.45, 2.75) is 38.7 Å². The van der Waals surface area contributed by atoms with E-state index in [1.165, 1.54) is 4.31 Å². The van der Waals surface area contributed by atoms with Crippen LogP contribution < -0.4 is 4.72 Å². The first-order valence-electron chi connectivity index (χ1n) is 5.86. The molecule has 1 aliphatic rings. The molecule has 0 aliphatic heterocycles. The number of hydrogen-bond donors (Lipinski definition) is 2. The van der Waals surface area contributed by atoms with Crippen LogP contribution in [-0.2, 0) is 10.2 Å². The zero-order chi connectivity index (χ0) is 12.2. The molecule has 0 spiro atoms. The second-order valence-corrected chi connectivity index (χ2v) is 6.30. The van der Waals surface area contributed by atoms with Crippen molar-refractivity contribution in [2.24, 2.45) is 5.92 Å². The fourth-order valence-corrected chi connectivity index (χ4v) is 3.08. The summed E-state index contributed by atoms with van der Waals surface area (Å²) < 4.78 is 27.3. The molecule has 1 saturated carbocycles. The van der Waals surface area contributed by atoms with Crippen molar-refractivity contribution in [1.29, 1.82) is 0 Å². The van der Waals surface area contributed by atoms with Gasteiger partial charge in [0.1, 0.15) is 0 Å². The van der Waals surface area contributed by atoms with Crippen LogP contribution in [0.1, 0.15) is 32.6 Å². The normalized spacial score (nSPS) is 26.5. The average Bonchev–Trinajstić information content (AvgIpc) is 2.61. The maximum atomic E-state index is 11.7. The van der Waals surface area contributed by atoms with Gasteiger partial charge >= 0.3 is 0 Å². The van der Waals surface area contributed by atoms with Crippen LogP contribution in [0, 0.1) is 5.92 Å². The second kappa shape index (κ2) is 5.95. The number of aliphatic hydroxyl groups is 1. The molecule has 2 atom stereocenters. The molecule has 16 heavy (non-hydrogen) atoms. The van der Waals surface area contributed by atoms with Crippen molar-refractivity contribution in [3.8, 4) is 0 Å². The lowest BCUT2D eigenvalue weighted by Crippen LogP contribution is -2.41. The first-order chi connectivity index (χ1) is 7.47. The molecule has 2 unspecified atom stereocenters. The Balaban J connectivity index is 2.41. The van der Waals surface area contributed by atoms with Crippen LogP contribution in [0.5, 0.6) is 0 Å². The maximum absolute atomic E-state index is 11.7. The van der Waals surface area contributed by atoms with Crippen LogP contribution in [0.25, 0.3) is 0 Å². The van der Waals surface area contributed by atoms with Gasteiger partial charge in [-0.05, 0) is 25.2 Å². The Morgan fingerprint density at radius 1 is 1.44 bits per heavy atom. The van der Waals surface area contributed by atoms with Crippen LogP contribution in [0.2, 0.25) is 0 Å². The molecule has 0 aromatic carbocycles. The lowest BCUT2D eigenvalue weighted by atomic mass is 10.1. The Bertz CT molecular complexity index is 305. The third-order valence-corrected chi connectivity index (χ3v) is 4.63. The summed E-state index contributed by atoms with van der Waals surface area (Å²) in [6.07, 6.45) is 3.12. The number of nitrogens with zero attached hydrogens (tertiary/aromatic N) is 1. The maximum Gasteiger partial charge on any atom is 0.279 e. The van der Waals surface area contributed by atoms with E-state index in [1.54, 1.807) is 7.05 Å². The van der Waals surface area contributed by atoms with Crippen LogP contribution >= 0.6 is 0 Å². The molecule has 2 N–H and O–H groups in total. The van der Waals surface area contributed by atoms with Crippen molar-refractivity contribution in [2.75, 3.05) is 20.1 Å². The van der Waals surface area contributed by atoms with Crippen molar-refractivity contribution in [1.82, 2.24) is 9.03 Å². The monoisotopic (exact) mass is 250 g/mol. The SMILES string of the molecule is CCCN(C)S(=O)(=O)NCC1CCCC1O. The summed E-state index contributed by atoms with van der Waals surface area (Å²) in [5.74, 6) is 0.0739. The lowest BCUT2D eigenvalue weighted by Gasteiger charge is -2.20. The van der Waals surface area contributed by atoms with E-state index in [1.807, 2.05) is 6.92 Å². The van der Waals surface area contributed by atoms with Crippen LogP contribution in [0.15, 0.2) is 0 Å². The third-order valence-electron chi connectivity index (χ3n) is 3.10. The smallest absolute Gasteiger partial charge is 0.279 e. The van der Waals surface area contributed by atoms with E-state index in [0.717, 1.165) is 25.7 Å². The summed E-state index contributed by atoms with van der Waals surface area (Å²) in [5, 5.41) is 9.58. The molecule has 1 rings (SSSR count). The average molecular weight is 250 g/mol. The van der Waals surface area contributed by atoms with Gasteiger partial charge < -0.3 is 5.11 Å². The molecule has 5 nitrogen and oxygen atoms in total. The first kappa shape index (κ1) is 13.9. The number of aliphatic hydroxyl groups excluding tert-OH is 1. The van der Waals surface area contributed by atoms with Gasteiger partial charge in [0.2, 0.25) is 0 Å². The second-order valence-electron chi connectivity index (χ2n) is 4.43. The molecule has 0 saturated heterocycles. The zero-order valence-corrected chi connectivity index (χ0v) is 10.8. The van der Waals surface area contributed by atoms with E-state index in [9.17, 15) is 13.5 Å². The molecule has 0 radical (unpaired) electrons. The Morgan fingerprint density at radius 2 is 2.12 bits per heavy atom. The van der Waals surface area contributed by atoms with Gasteiger partial charge in [0.05, 0.1) is 6.10 Å². The predicted octanol–water partition coefficient (Wildman–Crippen LogP) is 0.324. The van der Waals surface area contributed by atoms with E-state index in [-0.39, 0.29) is 12.0 Å². The summed E-state index contributed by atoms with van der Waals surface area (Å²) in [6, 6.07) is 0. The van der Waals surface area contributed by atoms with Gasteiger partial charge in [0.15, 0.2) is 0 Å². The molecule has 96 valence electrons. The Kier molecular flexibility index (Phi) is 5.17. The minimum Gasteiger partial charge on any atom is -0.393 e. The van der Waals surface area contributed by atoms with Gasteiger partial charge in [0.25, 0.3) is 10.2 Å². The van der Waals surface area contributed by atoms with E-state index < -0.39 is 10.2 Å². The van der Waals surface area contributed by atoms with Gasteiger partial charge in [0, 0.05) is 20.1 Å². The molecule has 0 bridgehead atoms. The third kappa shape index (κ3) is 3.69. The fourth-order valence-electron chi connectivity index (χ4n) is 2.01. The summed E-state index contributed by atoms with van der Waals surface area (Å²) in [7, 11) is -1.79. The van der Waals surface area contributed by atoms with Gasteiger partial charge in [-0.15, -0.1) is 0 Å². The topological polar surface area (TPSA) is 69.6 Å². The standard InChI is InChI=1S/C10H22N2O3S/c1-3-7-12(2)16(14,15)11-8-9-5-4-6-10(9)13/h9-11,13H,3-8H2,1-2H3. The molecule has 0 aromatic rings. The number of rotatable bonds is 6. The number of hydrogen-bond acceptors (Lipinski definition) is 3. The van der Waals surface area contributed by atoms with Crippen LogP contribution in [0.3, 0.4) is 0 Å². The van der Waals surface area contributed by atoms with Gasteiger partial charge in [-0.1, -0.05) is 13.3 Å². The highest BCUT2D eigenvalue weighted by Gasteiger charge is 2.27. The van der Waals surface area contributed by atoms with E-state index >= 15 is 0 Å². The molecule has 0 amide bonds. The lowest BCUT2D eigenvalue weighted by molar-refractivity contribution is 0.134. The molecular formula is C10H22N2O3S. The van der Waals surface area contributed by atoms with Gasteiger partial charge in [-0.2, -0.15) is 12.7 Å². The fraction of sp³-hybridized carbons (Fsp3) is 1.00. The number of nitrogens with one attached hydrogen (secondary N) is 1. The molecule has 1 aliphatic carbocycles. The highest BCUT2D eigenvalue weighted by molar-refractivity contribution is 7.87. The Morgan fingerprint density at radius 3 is 2.62 bits per heavy atom. The largest absolute Gasteiger partial charge is 0.393 e. The zero-order valence-electron chi connectivity index (χ0n) is 10.0.